The van der Waals surface area contributed by atoms with Crippen molar-refractivity contribution in [1.29, 1.82) is 0 Å². The highest BCUT2D eigenvalue weighted by Gasteiger charge is 2.37. The lowest BCUT2D eigenvalue weighted by Crippen LogP contribution is -2.27. The summed E-state index contributed by atoms with van der Waals surface area (Å²) in [5.41, 5.74) is 0.192. The zero-order chi connectivity index (χ0) is 20.4. The Kier molecular flexibility index (Phi) is 5.57. The third kappa shape index (κ3) is 3.67. The minimum absolute atomic E-state index is 0.0512. The van der Waals surface area contributed by atoms with Gasteiger partial charge in [-0.15, -0.1) is 0 Å². The van der Waals surface area contributed by atoms with Crippen LogP contribution >= 0.6 is 23.4 Å². The fourth-order valence-corrected chi connectivity index (χ4v) is 3.54. The van der Waals surface area contributed by atoms with E-state index in [-0.39, 0.29) is 27.7 Å². The number of hydrogen-bond acceptors (Lipinski definition) is 7. The number of rotatable bonds is 5. The molecule has 0 N–H and O–H groups in total. The molecule has 1 aliphatic rings. The van der Waals surface area contributed by atoms with E-state index in [0.29, 0.717) is 22.5 Å². The van der Waals surface area contributed by atoms with Gasteiger partial charge in [0.15, 0.2) is 11.5 Å². The first-order valence-electron chi connectivity index (χ1n) is 7.79. The van der Waals surface area contributed by atoms with Crippen molar-refractivity contribution in [2.75, 3.05) is 19.1 Å². The molecule has 1 aliphatic heterocycles. The summed E-state index contributed by atoms with van der Waals surface area (Å²) in [5.74, 6) is -0.140. The molecule has 0 bridgehead atoms. The molecule has 144 valence electrons. The Labute approximate surface area is 168 Å². The van der Waals surface area contributed by atoms with E-state index in [1.54, 1.807) is 24.3 Å². The molecule has 0 atom stereocenters. The summed E-state index contributed by atoms with van der Waals surface area (Å²) in [7, 11) is 2.75. The number of nitrogens with zero attached hydrogens (tertiary/aromatic N) is 2. The maximum absolute atomic E-state index is 12.7. The van der Waals surface area contributed by atoms with Crippen molar-refractivity contribution in [3.63, 3.8) is 0 Å². The number of methoxy groups -OCH3 is 2. The van der Waals surface area contributed by atoms with Gasteiger partial charge in [-0.05, 0) is 48.2 Å². The van der Waals surface area contributed by atoms with Gasteiger partial charge in [-0.1, -0.05) is 11.6 Å². The molecule has 0 unspecified atom stereocenters. The fraction of sp³-hybridized carbons (Fsp3) is 0.111. The van der Waals surface area contributed by atoms with Crippen molar-refractivity contribution in [3.8, 4) is 11.5 Å². The van der Waals surface area contributed by atoms with Crippen LogP contribution < -0.4 is 14.4 Å². The Balaban J connectivity index is 2.04. The number of imide groups is 1. The van der Waals surface area contributed by atoms with E-state index >= 15 is 0 Å². The Morgan fingerprint density at radius 1 is 1.11 bits per heavy atom. The van der Waals surface area contributed by atoms with Gasteiger partial charge in [-0.25, -0.2) is 4.90 Å². The SMILES string of the molecule is COc1cc(C=C2SC(=O)N(c3ccc(Cl)cc3)C2=O)c([N+](=O)[O-])cc1OC. The van der Waals surface area contributed by atoms with Crippen LogP contribution in [0.1, 0.15) is 5.56 Å². The van der Waals surface area contributed by atoms with Crippen LogP contribution in [0.3, 0.4) is 0 Å². The van der Waals surface area contributed by atoms with Gasteiger partial charge in [-0.2, -0.15) is 0 Å². The number of hydrogen-bond donors (Lipinski definition) is 0. The number of nitro groups is 1. The summed E-state index contributed by atoms with van der Waals surface area (Å²) >= 11 is 6.53. The smallest absolute Gasteiger partial charge is 0.298 e. The lowest BCUT2D eigenvalue weighted by atomic mass is 10.1. The second-order valence-corrected chi connectivity index (χ2v) is 6.95. The maximum atomic E-state index is 12.7. The average Bonchev–Trinajstić information content (AvgIpc) is 2.95. The van der Waals surface area contributed by atoms with E-state index in [4.69, 9.17) is 21.1 Å². The van der Waals surface area contributed by atoms with Crippen molar-refractivity contribution < 1.29 is 24.0 Å². The highest BCUT2D eigenvalue weighted by Crippen LogP contribution is 2.40. The zero-order valence-electron chi connectivity index (χ0n) is 14.7. The zero-order valence-corrected chi connectivity index (χ0v) is 16.2. The highest BCUT2D eigenvalue weighted by atomic mass is 35.5. The van der Waals surface area contributed by atoms with Gasteiger partial charge in [0.2, 0.25) is 0 Å². The van der Waals surface area contributed by atoms with E-state index in [1.165, 1.54) is 32.4 Å². The molecule has 2 amide bonds. The molecule has 0 aromatic heterocycles. The molecule has 2 aromatic rings. The third-order valence-corrected chi connectivity index (χ3v) is 5.02. The van der Waals surface area contributed by atoms with E-state index in [9.17, 15) is 19.7 Å². The van der Waals surface area contributed by atoms with Gasteiger partial charge in [0.05, 0.1) is 41.4 Å². The number of ether oxygens (including phenoxy) is 2. The molecule has 3 rings (SSSR count). The first-order valence-corrected chi connectivity index (χ1v) is 8.99. The van der Waals surface area contributed by atoms with Crippen LogP contribution in [0.25, 0.3) is 6.08 Å². The highest BCUT2D eigenvalue weighted by molar-refractivity contribution is 8.19. The summed E-state index contributed by atoms with van der Waals surface area (Å²) in [6.45, 7) is 0. The van der Waals surface area contributed by atoms with Crippen LogP contribution in [0.15, 0.2) is 41.3 Å². The summed E-state index contributed by atoms with van der Waals surface area (Å²) in [6.07, 6.45) is 1.29. The van der Waals surface area contributed by atoms with Crippen LogP contribution in [0.4, 0.5) is 16.2 Å². The molecule has 1 fully saturated rings. The van der Waals surface area contributed by atoms with Crippen molar-refractivity contribution in [2.24, 2.45) is 0 Å². The third-order valence-electron chi connectivity index (χ3n) is 3.89. The normalized spacial score (nSPS) is 15.2. The van der Waals surface area contributed by atoms with Gasteiger partial charge in [-0.3, -0.25) is 19.7 Å². The van der Waals surface area contributed by atoms with E-state index in [0.717, 1.165) is 4.90 Å². The van der Waals surface area contributed by atoms with Crippen molar-refractivity contribution >= 4 is 52.0 Å². The van der Waals surface area contributed by atoms with Crippen LogP contribution in [0.5, 0.6) is 11.5 Å². The van der Waals surface area contributed by atoms with Crippen LogP contribution in [-0.4, -0.2) is 30.3 Å². The monoisotopic (exact) mass is 420 g/mol. The minimum Gasteiger partial charge on any atom is -0.493 e. The van der Waals surface area contributed by atoms with Crippen LogP contribution in [0, 0.1) is 10.1 Å². The van der Waals surface area contributed by atoms with E-state index < -0.39 is 16.1 Å². The standard InChI is InChI=1S/C18H13ClN2O6S/c1-26-14-7-10(13(21(24)25)9-15(14)27-2)8-16-17(22)20(18(23)28-16)12-5-3-11(19)4-6-12/h3-9H,1-2H3. The van der Waals surface area contributed by atoms with Gasteiger partial charge in [0, 0.05) is 5.02 Å². The Hall–Kier alpha value is -3.04. The first-order chi connectivity index (χ1) is 13.3. The average molecular weight is 421 g/mol. The number of thioether (sulfide) groups is 1. The minimum atomic E-state index is -0.600. The van der Waals surface area contributed by atoms with Gasteiger partial charge < -0.3 is 9.47 Å². The Bertz CT molecular complexity index is 1010. The molecule has 0 aliphatic carbocycles. The maximum Gasteiger partial charge on any atom is 0.298 e. The topological polar surface area (TPSA) is 99.0 Å². The second kappa shape index (κ2) is 7.91. The predicted molar refractivity (Wildman–Crippen MR) is 106 cm³/mol. The van der Waals surface area contributed by atoms with Crippen LogP contribution in [0.2, 0.25) is 5.02 Å². The largest absolute Gasteiger partial charge is 0.493 e. The molecular formula is C18H13ClN2O6S. The number of carbonyl (C=O) groups excluding carboxylic acids is 2. The summed E-state index contributed by atoms with van der Waals surface area (Å²) in [6, 6.07) is 8.79. The molecule has 1 heterocycles. The number of carbonyl (C=O) groups is 2. The molecule has 28 heavy (non-hydrogen) atoms. The lowest BCUT2D eigenvalue weighted by molar-refractivity contribution is -0.385. The number of nitro benzene ring substituents is 1. The van der Waals surface area contributed by atoms with Crippen LogP contribution in [-0.2, 0) is 4.79 Å². The van der Waals surface area contributed by atoms with Crippen molar-refractivity contribution in [2.45, 2.75) is 0 Å². The summed E-state index contributed by atoms with van der Waals surface area (Å²) < 4.78 is 10.2. The molecule has 2 aromatic carbocycles. The molecule has 0 radical (unpaired) electrons. The fourth-order valence-electron chi connectivity index (χ4n) is 2.58. The number of amides is 2. The number of anilines is 1. The second-order valence-electron chi connectivity index (χ2n) is 5.52. The molecule has 0 spiro atoms. The Morgan fingerprint density at radius 2 is 1.71 bits per heavy atom. The molecular weight excluding hydrogens is 408 g/mol. The molecule has 0 saturated carbocycles. The molecule has 10 heteroatoms. The Morgan fingerprint density at radius 3 is 2.29 bits per heavy atom. The van der Waals surface area contributed by atoms with Gasteiger partial charge >= 0.3 is 0 Å². The van der Waals surface area contributed by atoms with Crippen molar-refractivity contribution in [1.82, 2.24) is 0 Å². The van der Waals surface area contributed by atoms with Gasteiger partial charge in [0.25, 0.3) is 16.8 Å². The van der Waals surface area contributed by atoms with E-state index in [1.807, 2.05) is 0 Å². The molecule has 1 saturated heterocycles. The summed E-state index contributed by atoms with van der Waals surface area (Å²) in [4.78, 5) is 36.9. The predicted octanol–water partition coefficient (Wildman–Crippen LogP) is 4.51. The van der Waals surface area contributed by atoms with E-state index in [2.05, 4.69) is 0 Å². The first kappa shape index (κ1) is 19.7. The number of halogens is 1. The number of benzene rings is 2. The lowest BCUT2D eigenvalue weighted by Gasteiger charge is -2.12. The quantitative estimate of drug-likeness (QED) is 0.398. The summed E-state index contributed by atoms with van der Waals surface area (Å²) in [5, 5.41) is 11.4. The van der Waals surface area contributed by atoms with Crippen molar-refractivity contribution in [3.05, 3.63) is 62.0 Å². The molecule has 8 nitrogen and oxygen atoms in total. The van der Waals surface area contributed by atoms with Gasteiger partial charge in [0.1, 0.15) is 0 Å².